The molecule has 0 amide bonds. The van der Waals surface area contributed by atoms with E-state index in [1.807, 2.05) is 0 Å². The van der Waals surface area contributed by atoms with Crippen LogP contribution >= 0.6 is 0 Å². The number of rotatable bonds is 0. The van der Waals surface area contributed by atoms with E-state index in [0.29, 0.717) is 0 Å². The lowest BCUT2D eigenvalue weighted by atomic mass is 10.1. The molecule has 1 heterocycles. The van der Waals surface area contributed by atoms with E-state index in [1.165, 1.54) is 6.21 Å². The predicted molar refractivity (Wildman–Crippen MR) is 37.6 cm³/mol. The van der Waals surface area contributed by atoms with Gasteiger partial charge in [0.1, 0.15) is 4.86 Å². The minimum absolute atomic E-state index is 0.188. The van der Waals surface area contributed by atoms with E-state index in [2.05, 4.69) is 5.16 Å². The van der Waals surface area contributed by atoms with Crippen molar-refractivity contribution in [2.24, 2.45) is 5.16 Å². The molecule has 0 spiro atoms. The smallest absolute Gasteiger partial charge is 0.223 e. The van der Waals surface area contributed by atoms with Gasteiger partial charge >= 0.3 is 0 Å². The Kier molecular flexibility index (Phi) is 1.52. The third-order valence-corrected chi connectivity index (χ3v) is 2.18. The van der Waals surface area contributed by atoms with Crippen LogP contribution in [0.15, 0.2) is 5.16 Å². The zero-order valence-corrected chi connectivity index (χ0v) is 6.47. The third kappa shape index (κ3) is 1.04. The summed E-state index contributed by atoms with van der Waals surface area (Å²) in [7, 11) is -2.22. The van der Waals surface area contributed by atoms with Crippen LogP contribution in [0.25, 0.3) is 0 Å². The molecule has 56 valence electrons. The van der Waals surface area contributed by atoms with Crippen LogP contribution in [0.2, 0.25) is 0 Å². The van der Waals surface area contributed by atoms with Gasteiger partial charge in [-0.2, -0.15) is 8.42 Å². The Morgan fingerprint density at radius 1 is 1.60 bits per heavy atom. The molecular weight excluding hydrogens is 154 g/mol. The number of nitrogens with zero attached hydrogens (tertiary/aromatic N) is 1. The molecule has 0 N–H and O–H groups in total. The van der Waals surface area contributed by atoms with Gasteiger partial charge in [-0.05, 0) is 13.8 Å². The van der Waals surface area contributed by atoms with Crippen LogP contribution in [0, 0.1) is 0 Å². The summed E-state index contributed by atoms with van der Waals surface area (Å²) in [5.41, 5.74) is -0.785. The molecule has 0 radical (unpaired) electrons. The second-order valence-electron chi connectivity index (χ2n) is 2.44. The fourth-order valence-electron chi connectivity index (χ4n) is 0.650. The average Bonchev–Trinajstić information content (AvgIpc) is 2.08. The van der Waals surface area contributed by atoms with Gasteiger partial charge in [0.05, 0.1) is 6.21 Å². The van der Waals surface area contributed by atoms with Crippen LogP contribution < -0.4 is 0 Å². The largest absolute Gasteiger partial charge is 0.384 e. The molecule has 0 fully saturated rings. The monoisotopic (exact) mass is 161 g/mol. The molecule has 10 heavy (non-hydrogen) atoms. The minimum Gasteiger partial charge on any atom is -0.384 e. The van der Waals surface area contributed by atoms with Crippen molar-refractivity contribution < 1.29 is 13.3 Å². The van der Waals surface area contributed by atoms with Crippen LogP contribution in [-0.2, 0) is 15.1 Å². The Balaban J connectivity index is 3.24. The van der Waals surface area contributed by atoms with Gasteiger partial charge in [-0.1, -0.05) is 5.16 Å². The standard InChI is InChI=1S/C5H7NO3S/c1-5(2)4(10(7)8)3-6-9-5/h3H,1-2H3. The molecule has 0 bridgehead atoms. The van der Waals surface area contributed by atoms with E-state index in [-0.39, 0.29) is 4.86 Å². The lowest BCUT2D eigenvalue weighted by molar-refractivity contribution is 0.0542. The molecule has 1 rings (SSSR count). The summed E-state index contributed by atoms with van der Waals surface area (Å²) in [5, 5.41) is 3.38. The number of oxime groups is 1. The molecule has 0 saturated heterocycles. The summed E-state index contributed by atoms with van der Waals surface area (Å²) in [4.78, 5) is 4.94. The molecule has 1 aliphatic heterocycles. The summed E-state index contributed by atoms with van der Waals surface area (Å²) in [6, 6.07) is 0. The molecule has 0 aromatic carbocycles. The molecule has 0 aliphatic carbocycles. The zero-order valence-electron chi connectivity index (χ0n) is 5.66. The van der Waals surface area contributed by atoms with Gasteiger partial charge in [-0.15, -0.1) is 0 Å². The second-order valence-corrected chi connectivity index (χ2v) is 3.34. The molecule has 5 heteroatoms. The molecule has 0 aromatic heterocycles. The summed E-state index contributed by atoms with van der Waals surface area (Å²) < 4.78 is 20.8. The lowest BCUT2D eigenvalue weighted by Crippen LogP contribution is -2.29. The van der Waals surface area contributed by atoms with Crippen LogP contribution in [0.3, 0.4) is 0 Å². The highest BCUT2D eigenvalue weighted by atomic mass is 32.2. The predicted octanol–water partition coefficient (Wildman–Crippen LogP) is -0.167. The Labute approximate surface area is 60.0 Å². The Bertz CT molecular complexity index is 291. The molecule has 0 unspecified atom stereocenters. The highest BCUT2D eigenvalue weighted by molar-refractivity contribution is 7.74. The minimum atomic E-state index is -2.22. The van der Waals surface area contributed by atoms with E-state index in [4.69, 9.17) is 4.84 Å². The fraction of sp³-hybridized carbons (Fsp3) is 0.600. The summed E-state index contributed by atoms with van der Waals surface area (Å²) in [6.45, 7) is 3.29. The maximum absolute atomic E-state index is 10.4. The van der Waals surface area contributed by atoms with Crippen molar-refractivity contribution in [3.05, 3.63) is 0 Å². The summed E-state index contributed by atoms with van der Waals surface area (Å²) in [5.74, 6) is 0. The molecular formula is C5H7NO3S. The van der Waals surface area contributed by atoms with Gasteiger partial charge in [0.2, 0.25) is 10.3 Å². The first-order valence-electron chi connectivity index (χ1n) is 2.72. The van der Waals surface area contributed by atoms with Crippen molar-refractivity contribution >= 4 is 21.4 Å². The van der Waals surface area contributed by atoms with Gasteiger partial charge < -0.3 is 4.84 Å². The number of hydrogen-bond donors (Lipinski definition) is 0. The van der Waals surface area contributed by atoms with Crippen molar-refractivity contribution in [1.29, 1.82) is 0 Å². The Hall–Kier alpha value is -0.840. The maximum atomic E-state index is 10.4. The lowest BCUT2D eigenvalue weighted by Gasteiger charge is -2.12. The Morgan fingerprint density at radius 2 is 2.20 bits per heavy atom. The summed E-state index contributed by atoms with van der Waals surface area (Å²) >= 11 is 0. The fourth-order valence-corrected chi connectivity index (χ4v) is 1.22. The highest BCUT2D eigenvalue weighted by Gasteiger charge is 2.31. The van der Waals surface area contributed by atoms with Crippen LogP contribution in [0.5, 0.6) is 0 Å². The zero-order chi connectivity index (χ0) is 7.78. The SMILES string of the molecule is CC1(C)ON=CC1=S(=O)=O. The second kappa shape index (κ2) is 2.09. The molecule has 0 saturated carbocycles. The van der Waals surface area contributed by atoms with Gasteiger partial charge in [-0.3, -0.25) is 0 Å². The van der Waals surface area contributed by atoms with Crippen LogP contribution in [0.1, 0.15) is 13.8 Å². The van der Waals surface area contributed by atoms with E-state index in [9.17, 15) is 8.42 Å². The first-order valence-corrected chi connectivity index (χ1v) is 3.80. The molecule has 0 atom stereocenters. The van der Waals surface area contributed by atoms with Gasteiger partial charge in [-0.25, -0.2) is 0 Å². The third-order valence-electron chi connectivity index (χ3n) is 1.22. The van der Waals surface area contributed by atoms with E-state index >= 15 is 0 Å². The normalized spacial score (nSPS) is 20.8. The van der Waals surface area contributed by atoms with Gasteiger partial charge in [0.25, 0.3) is 0 Å². The number of hydrogen-bond acceptors (Lipinski definition) is 4. The summed E-state index contributed by atoms with van der Waals surface area (Å²) in [6.07, 6.45) is 1.21. The van der Waals surface area contributed by atoms with Gasteiger partial charge in [0, 0.05) is 0 Å². The van der Waals surface area contributed by atoms with Crippen molar-refractivity contribution in [2.75, 3.05) is 0 Å². The van der Waals surface area contributed by atoms with Crippen molar-refractivity contribution in [2.45, 2.75) is 19.4 Å². The first-order chi connectivity index (χ1) is 4.54. The quantitative estimate of drug-likeness (QED) is 0.463. The van der Waals surface area contributed by atoms with Crippen molar-refractivity contribution in [3.63, 3.8) is 0 Å². The van der Waals surface area contributed by atoms with Gasteiger partial charge in [0.15, 0.2) is 5.60 Å². The van der Waals surface area contributed by atoms with Crippen LogP contribution in [0.4, 0.5) is 0 Å². The van der Waals surface area contributed by atoms with E-state index in [0.717, 1.165) is 0 Å². The van der Waals surface area contributed by atoms with Crippen molar-refractivity contribution in [3.8, 4) is 0 Å². The highest BCUT2D eigenvalue weighted by Crippen LogP contribution is 2.15. The average molecular weight is 161 g/mol. The molecule has 1 aliphatic rings. The van der Waals surface area contributed by atoms with Crippen molar-refractivity contribution in [1.82, 2.24) is 0 Å². The maximum Gasteiger partial charge on any atom is 0.223 e. The molecule has 4 nitrogen and oxygen atoms in total. The van der Waals surface area contributed by atoms with E-state index in [1.54, 1.807) is 13.8 Å². The first kappa shape index (κ1) is 7.27. The van der Waals surface area contributed by atoms with E-state index < -0.39 is 15.9 Å². The van der Waals surface area contributed by atoms with Crippen LogP contribution in [-0.4, -0.2) is 25.1 Å². The topological polar surface area (TPSA) is 55.7 Å². The molecule has 0 aromatic rings. The Morgan fingerprint density at radius 3 is 2.40 bits per heavy atom.